The summed E-state index contributed by atoms with van der Waals surface area (Å²) in [5.74, 6) is -2.54. The lowest BCUT2D eigenvalue weighted by atomic mass is 9.94. The monoisotopic (exact) mass is 387 g/mol. The van der Waals surface area contributed by atoms with Gasteiger partial charge in [-0.15, -0.1) is 0 Å². The van der Waals surface area contributed by atoms with Crippen molar-refractivity contribution >= 4 is 23.1 Å². The lowest BCUT2D eigenvalue weighted by Gasteiger charge is -2.25. The average molecular weight is 387 g/mol. The SMILES string of the molecule is Cc1ccc(N2C(=O)C(=O)C(=C(O)c3ccccc3)C2c2ccccc2F)cc1. The van der Waals surface area contributed by atoms with Crippen LogP contribution in [-0.4, -0.2) is 16.8 Å². The van der Waals surface area contributed by atoms with Gasteiger partial charge in [0.2, 0.25) is 0 Å². The van der Waals surface area contributed by atoms with Gasteiger partial charge >= 0.3 is 0 Å². The Morgan fingerprint density at radius 1 is 0.897 bits per heavy atom. The first-order valence-corrected chi connectivity index (χ1v) is 9.16. The van der Waals surface area contributed by atoms with Crippen LogP contribution in [0.4, 0.5) is 10.1 Å². The highest BCUT2D eigenvalue weighted by Crippen LogP contribution is 2.42. The summed E-state index contributed by atoms with van der Waals surface area (Å²) in [4.78, 5) is 27.1. The molecule has 4 nitrogen and oxygen atoms in total. The fourth-order valence-corrected chi connectivity index (χ4v) is 3.55. The van der Waals surface area contributed by atoms with E-state index in [9.17, 15) is 19.1 Å². The third kappa shape index (κ3) is 3.21. The van der Waals surface area contributed by atoms with Crippen LogP contribution in [0, 0.1) is 12.7 Å². The second-order valence-electron chi connectivity index (χ2n) is 6.89. The number of aliphatic hydroxyl groups is 1. The Hall–Kier alpha value is -3.73. The summed E-state index contributed by atoms with van der Waals surface area (Å²) >= 11 is 0. The van der Waals surface area contributed by atoms with Gasteiger partial charge in [-0.3, -0.25) is 14.5 Å². The minimum Gasteiger partial charge on any atom is -0.507 e. The molecule has 1 atom stereocenters. The summed E-state index contributed by atoms with van der Waals surface area (Å²) in [6, 6.07) is 20.4. The molecule has 144 valence electrons. The van der Waals surface area contributed by atoms with E-state index in [0.29, 0.717) is 11.3 Å². The molecule has 1 N–H and O–H groups in total. The largest absolute Gasteiger partial charge is 0.507 e. The highest BCUT2D eigenvalue weighted by Gasteiger charge is 2.47. The molecule has 0 aliphatic carbocycles. The van der Waals surface area contributed by atoms with E-state index in [1.807, 2.05) is 19.1 Å². The molecule has 4 rings (SSSR count). The number of hydrogen-bond acceptors (Lipinski definition) is 3. The van der Waals surface area contributed by atoms with Crippen LogP contribution in [0.15, 0.2) is 84.4 Å². The number of aryl methyl sites for hydroxylation is 1. The number of amides is 1. The molecule has 0 aromatic heterocycles. The van der Waals surface area contributed by atoms with E-state index in [0.717, 1.165) is 5.56 Å². The summed E-state index contributed by atoms with van der Waals surface area (Å²) in [5.41, 5.74) is 1.84. The van der Waals surface area contributed by atoms with Crippen LogP contribution in [0.3, 0.4) is 0 Å². The van der Waals surface area contributed by atoms with Gasteiger partial charge < -0.3 is 5.11 Å². The van der Waals surface area contributed by atoms with E-state index in [2.05, 4.69) is 0 Å². The number of benzene rings is 3. The smallest absolute Gasteiger partial charge is 0.300 e. The van der Waals surface area contributed by atoms with Crippen molar-refractivity contribution in [1.82, 2.24) is 0 Å². The highest BCUT2D eigenvalue weighted by atomic mass is 19.1. The number of anilines is 1. The summed E-state index contributed by atoms with van der Waals surface area (Å²) in [6.45, 7) is 1.90. The Morgan fingerprint density at radius 2 is 1.52 bits per heavy atom. The Balaban J connectivity index is 1.97. The molecule has 5 heteroatoms. The van der Waals surface area contributed by atoms with Gasteiger partial charge in [0.25, 0.3) is 11.7 Å². The molecule has 3 aromatic rings. The predicted molar refractivity (Wildman–Crippen MR) is 109 cm³/mol. The normalized spacial score (nSPS) is 18.3. The van der Waals surface area contributed by atoms with Gasteiger partial charge in [0.1, 0.15) is 11.6 Å². The molecule has 0 radical (unpaired) electrons. The van der Waals surface area contributed by atoms with Gasteiger partial charge in [-0.1, -0.05) is 66.2 Å². The van der Waals surface area contributed by atoms with Crippen molar-refractivity contribution in [3.63, 3.8) is 0 Å². The first-order valence-electron chi connectivity index (χ1n) is 9.16. The third-order valence-corrected chi connectivity index (χ3v) is 5.00. The van der Waals surface area contributed by atoms with E-state index >= 15 is 0 Å². The van der Waals surface area contributed by atoms with Gasteiger partial charge in [-0.25, -0.2) is 4.39 Å². The van der Waals surface area contributed by atoms with Crippen molar-refractivity contribution in [2.24, 2.45) is 0 Å². The maximum absolute atomic E-state index is 14.7. The molecule has 0 spiro atoms. The number of hydrogen-bond donors (Lipinski definition) is 1. The molecule has 1 aliphatic rings. The predicted octanol–water partition coefficient (Wildman–Crippen LogP) is 4.76. The number of halogens is 1. The van der Waals surface area contributed by atoms with Crippen LogP contribution in [-0.2, 0) is 9.59 Å². The number of nitrogens with zero attached hydrogens (tertiary/aromatic N) is 1. The van der Waals surface area contributed by atoms with E-state index < -0.39 is 23.5 Å². The van der Waals surface area contributed by atoms with Crippen molar-refractivity contribution in [1.29, 1.82) is 0 Å². The fourth-order valence-electron chi connectivity index (χ4n) is 3.55. The van der Waals surface area contributed by atoms with E-state index in [-0.39, 0.29) is 16.9 Å². The van der Waals surface area contributed by atoms with Crippen LogP contribution < -0.4 is 4.90 Å². The van der Waals surface area contributed by atoms with Crippen molar-refractivity contribution in [3.05, 3.63) is 107 Å². The summed E-state index contributed by atoms with van der Waals surface area (Å²) in [5, 5.41) is 10.9. The second kappa shape index (κ2) is 7.36. The molecule has 1 amide bonds. The van der Waals surface area contributed by atoms with Crippen LogP contribution >= 0.6 is 0 Å². The van der Waals surface area contributed by atoms with E-state index in [1.54, 1.807) is 48.5 Å². The minimum atomic E-state index is -1.07. The Labute approximate surface area is 167 Å². The topological polar surface area (TPSA) is 57.6 Å². The molecule has 3 aromatic carbocycles. The van der Waals surface area contributed by atoms with Crippen LogP contribution in [0.25, 0.3) is 5.76 Å². The number of carbonyl (C=O) groups is 2. The molecule has 1 saturated heterocycles. The van der Waals surface area contributed by atoms with Gasteiger partial charge in [0.15, 0.2) is 0 Å². The van der Waals surface area contributed by atoms with Crippen LogP contribution in [0.1, 0.15) is 22.7 Å². The Bertz CT molecular complexity index is 1120. The zero-order valence-electron chi connectivity index (χ0n) is 15.7. The number of ketones is 1. The van der Waals surface area contributed by atoms with E-state index in [4.69, 9.17) is 0 Å². The van der Waals surface area contributed by atoms with E-state index in [1.165, 1.54) is 23.1 Å². The zero-order valence-corrected chi connectivity index (χ0v) is 15.7. The fraction of sp³-hybridized carbons (Fsp3) is 0.0833. The molecule has 1 aliphatic heterocycles. The molecular formula is C24H18FNO3. The Kier molecular flexibility index (Phi) is 4.72. The average Bonchev–Trinajstić information content (AvgIpc) is 3.00. The number of carbonyl (C=O) groups excluding carboxylic acids is 2. The second-order valence-corrected chi connectivity index (χ2v) is 6.89. The highest BCUT2D eigenvalue weighted by molar-refractivity contribution is 6.51. The van der Waals surface area contributed by atoms with Gasteiger partial charge in [-0.2, -0.15) is 0 Å². The van der Waals surface area contributed by atoms with Crippen molar-refractivity contribution < 1.29 is 19.1 Å². The molecule has 0 bridgehead atoms. The molecule has 1 unspecified atom stereocenters. The molecule has 1 heterocycles. The molecular weight excluding hydrogens is 369 g/mol. The number of Topliss-reactive ketones (excluding diaryl/α,β-unsaturated/α-hetero) is 1. The maximum Gasteiger partial charge on any atom is 0.300 e. The maximum atomic E-state index is 14.7. The van der Waals surface area contributed by atoms with Crippen molar-refractivity contribution in [2.45, 2.75) is 13.0 Å². The lowest BCUT2D eigenvalue weighted by molar-refractivity contribution is -0.132. The van der Waals surface area contributed by atoms with Gasteiger partial charge in [0.05, 0.1) is 11.6 Å². The molecule has 0 saturated carbocycles. The van der Waals surface area contributed by atoms with Crippen LogP contribution in [0.2, 0.25) is 0 Å². The molecule has 1 fully saturated rings. The van der Waals surface area contributed by atoms with Crippen molar-refractivity contribution in [3.8, 4) is 0 Å². The molecule has 29 heavy (non-hydrogen) atoms. The number of aliphatic hydroxyl groups excluding tert-OH is 1. The summed E-state index contributed by atoms with van der Waals surface area (Å²) in [6.07, 6.45) is 0. The number of rotatable bonds is 3. The summed E-state index contributed by atoms with van der Waals surface area (Å²) in [7, 11) is 0. The first kappa shape index (κ1) is 18.6. The summed E-state index contributed by atoms with van der Waals surface area (Å²) < 4.78 is 14.7. The van der Waals surface area contributed by atoms with Crippen LogP contribution in [0.5, 0.6) is 0 Å². The van der Waals surface area contributed by atoms with Gasteiger partial charge in [-0.05, 0) is 25.1 Å². The van der Waals surface area contributed by atoms with Crippen molar-refractivity contribution in [2.75, 3.05) is 4.90 Å². The Morgan fingerprint density at radius 3 is 2.17 bits per heavy atom. The minimum absolute atomic E-state index is 0.133. The quantitative estimate of drug-likeness (QED) is 0.400. The third-order valence-electron chi connectivity index (χ3n) is 5.00. The standard InChI is InChI=1S/C24H18FNO3/c1-15-11-13-17(14-12-15)26-21(18-9-5-6-10-19(18)25)20(23(28)24(26)29)22(27)16-7-3-2-4-8-16/h2-14,21,27H,1H3. The van der Waals surface area contributed by atoms with Gasteiger partial charge in [0, 0.05) is 16.8 Å². The zero-order chi connectivity index (χ0) is 20.5. The lowest BCUT2D eigenvalue weighted by Crippen LogP contribution is -2.29. The first-order chi connectivity index (χ1) is 14.0.